The maximum atomic E-state index is 13.1. The lowest BCUT2D eigenvalue weighted by molar-refractivity contribution is -0.125. The Kier molecular flexibility index (Phi) is 7.60. The van der Waals surface area contributed by atoms with E-state index in [2.05, 4.69) is 84.8 Å². The zero-order chi connectivity index (χ0) is 22.4. The standard InChI is InChI=1S/C26H33N3OS/c1-6-7-19-8-10-20(11-9-19)21-12-14-22(15-13-21)23(16-18(2)3)26(4,5)24(30)28-25-29-27-17-31-25/h8-15,17-18,23H,6-7,16H2,1-5H3,(H,28,29,30). The van der Waals surface area contributed by atoms with Crippen LogP contribution in [0.2, 0.25) is 0 Å². The molecule has 31 heavy (non-hydrogen) atoms. The van der Waals surface area contributed by atoms with E-state index >= 15 is 0 Å². The van der Waals surface area contributed by atoms with Crippen molar-refractivity contribution >= 4 is 22.4 Å². The Hall–Kier alpha value is -2.53. The lowest BCUT2D eigenvalue weighted by Crippen LogP contribution is -2.37. The first kappa shape index (κ1) is 23.1. The first-order chi connectivity index (χ1) is 14.8. The molecule has 0 bridgehead atoms. The normalized spacial score (nSPS) is 12.7. The molecule has 5 heteroatoms. The first-order valence-electron chi connectivity index (χ1n) is 11.1. The SMILES string of the molecule is CCCc1ccc(-c2ccc(C(CC(C)C)C(C)(C)C(=O)Nc3nncs3)cc2)cc1. The Morgan fingerprint density at radius 3 is 2.16 bits per heavy atom. The molecule has 3 rings (SSSR count). The van der Waals surface area contributed by atoms with Crippen molar-refractivity contribution in [3.63, 3.8) is 0 Å². The number of nitrogens with one attached hydrogen (secondary N) is 1. The minimum atomic E-state index is -0.584. The highest BCUT2D eigenvalue weighted by Gasteiger charge is 2.38. The second-order valence-corrected chi connectivity index (χ2v) is 10.0. The third-order valence-electron chi connectivity index (χ3n) is 5.88. The number of carbonyl (C=O) groups is 1. The van der Waals surface area contributed by atoms with Crippen molar-refractivity contribution in [3.05, 3.63) is 65.2 Å². The summed E-state index contributed by atoms with van der Waals surface area (Å²) < 4.78 is 0. The highest BCUT2D eigenvalue weighted by Crippen LogP contribution is 2.41. The zero-order valence-corrected chi connectivity index (χ0v) is 20.0. The third kappa shape index (κ3) is 5.79. The van der Waals surface area contributed by atoms with Gasteiger partial charge in [-0.2, -0.15) is 0 Å². The number of aromatic nitrogens is 2. The molecule has 0 aliphatic rings. The number of anilines is 1. The van der Waals surface area contributed by atoms with Crippen molar-refractivity contribution < 1.29 is 4.79 Å². The molecule has 0 radical (unpaired) electrons. The molecule has 1 heterocycles. The van der Waals surface area contributed by atoms with Crippen LogP contribution in [0, 0.1) is 11.3 Å². The van der Waals surface area contributed by atoms with Crippen molar-refractivity contribution in [2.75, 3.05) is 5.32 Å². The zero-order valence-electron chi connectivity index (χ0n) is 19.2. The number of benzene rings is 2. The van der Waals surface area contributed by atoms with Gasteiger partial charge in [0.05, 0.1) is 5.41 Å². The van der Waals surface area contributed by atoms with Crippen molar-refractivity contribution in [3.8, 4) is 11.1 Å². The molecular formula is C26H33N3OS. The van der Waals surface area contributed by atoms with Crippen LogP contribution in [-0.2, 0) is 11.2 Å². The Morgan fingerprint density at radius 1 is 1.03 bits per heavy atom. The molecule has 1 unspecified atom stereocenters. The van der Waals surface area contributed by atoms with Crippen LogP contribution in [0.25, 0.3) is 11.1 Å². The van der Waals surface area contributed by atoms with E-state index in [4.69, 9.17) is 0 Å². The molecular weight excluding hydrogens is 402 g/mol. The molecule has 164 valence electrons. The van der Waals surface area contributed by atoms with E-state index in [1.54, 1.807) is 5.51 Å². The van der Waals surface area contributed by atoms with E-state index in [-0.39, 0.29) is 11.8 Å². The summed E-state index contributed by atoms with van der Waals surface area (Å²) in [5, 5.41) is 11.3. The third-order valence-corrected chi connectivity index (χ3v) is 6.49. The summed E-state index contributed by atoms with van der Waals surface area (Å²) in [6, 6.07) is 17.6. The van der Waals surface area contributed by atoms with Crippen LogP contribution in [0.5, 0.6) is 0 Å². The second kappa shape index (κ2) is 10.2. The quantitative estimate of drug-likeness (QED) is 0.395. The number of hydrogen-bond acceptors (Lipinski definition) is 4. The van der Waals surface area contributed by atoms with E-state index in [0.717, 1.165) is 19.3 Å². The topological polar surface area (TPSA) is 54.9 Å². The Labute approximate surface area is 190 Å². The van der Waals surface area contributed by atoms with Crippen molar-refractivity contribution in [2.45, 2.75) is 59.8 Å². The van der Waals surface area contributed by atoms with Gasteiger partial charge >= 0.3 is 0 Å². The molecule has 3 aromatic rings. The average molecular weight is 436 g/mol. The smallest absolute Gasteiger partial charge is 0.232 e. The van der Waals surface area contributed by atoms with Gasteiger partial charge in [-0.25, -0.2) is 0 Å². The molecule has 1 atom stereocenters. The maximum absolute atomic E-state index is 13.1. The summed E-state index contributed by atoms with van der Waals surface area (Å²) in [6.07, 6.45) is 3.21. The van der Waals surface area contributed by atoms with Crippen molar-refractivity contribution in [1.29, 1.82) is 0 Å². The molecule has 0 saturated carbocycles. The highest BCUT2D eigenvalue weighted by molar-refractivity contribution is 7.13. The van der Waals surface area contributed by atoms with Crippen molar-refractivity contribution in [2.24, 2.45) is 11.3 Å². The van der Waals surface area contributed by atoms with Crippen LogP contribution in [0.4, 0.5) is 5.13 Å². The molecule has 2 aromatic carbocycles. The molecule has 1 amide bonds. The Bertz CT molecular complexity index is 961. The fraction of sp³-hybridized carbons (Fsp3) is 0.423. The summed E-state index contributed by atoms with van der Waals surface area (Å²) in [5.74, 6) is 0.552. The van der Waals surface area contributed by atoms with Gasteiger partial charge in [0, 0.05) is 0 Å². The van der Waals surface area contributed by atoms with Crippen LogP contribution < -0.4 is 5.32 Å². The maximum Gasteiger partial charge on any atom is 0.232 e. The predicted molar refractivity (Wildman–Crippen MR) is 130 cm³/mol. The van der Waals surface area contributed by atoms with Gasteiger partial charge in [-0.3, -0.25) is 4.79 Å². The van der Waals surface area contributed by atoms with Gasteiger partial charge in [0.1, 0.15) is 5.51 Å². The fourth-order valence-electron chi connectivity index (χ4n) is 4.02. The number of carbonyl (C=O) groups excluding carboxylic acids is 1. The monoisotopic (exact) mass is 435 g/mol. The number of hydrogen-bond donors (Lipinski definition) is 1. The minimum absolute atomic E-state index is 0.0227. The molecule has 0 aliphatic carbocycles. The Morgan fingerprint density at radius 2 is 1.65 bits per heavy atom. The lowest BCUT2D eigenvalue weighted by Gasteiger charge is -2.34. The molecule has 1 aromatic heterocycles. The van der Waals surface area contributed by atoms with Gasteiger partial charge in [0.25, 0.3) is 0 Å². The van der Waals surface area contributed by atoms with Gasteiger partial charge in [-0.15, -0.1) is 10.2 Å². The second-order valence-electron chi connectivity index (χ2n) is 9.17. The van der Waals surface area contributed by atoms with Gasteiger partial charge in [-0.05, 0) is 46.9 Å². The van der Waals surface area contributed by atoms with Crippen LogP contribution in [0.15, 0.2) is 54.0 Å². The van der Waals surface area contributed by atoms with Crippen molar-refractivity contribution in [1.82, 2.24) is 10.2 Å². The van der Waals surface area contributed by atoms with E-state index in [0.29, 0.717) is 11.0 Å². The van der Waals surface area contributed by atoms with Crippen LogP contribution >= 0.6 is 11.3 Å². The molecule has 0 fully saturated rings. The highest BCUT2D eigenvalue weighted by atomic mass is 32.1. The number of rotatable bonds is 9. The van der Waals surface area contributed by atoms with E-state index in [9.17, 15) is 4.79 Å². The average Bonchev–Trinajstić information content (AvgIpc) is 3.26. The molecule has 0 spiro atoms. The summed E-state index contributed by atoms with van der Waals surface area (Å²) in [7, 11) is 0. The van der Waals surface area contributed by atoms with Gasteiger partial charge in [0.2, 0.25) is 11.0 Å². The van der Waals surface area contributed by atoms with Crippen LogP contribution in [0.1, 0.15) is 64.5 Å². The fourth-order valence-corrected chi connectivity index (χ4v) is 4.46. The van der Waals surface area contributed by atoms with E-state index in [1.807, 2.05) is 13.8 Å². The Balaban J connectivity index is 1.83. The lowest BCUT2D eigenvalue weighted by atomic mass is 9.70. The largest absolute Gasteiger partial charge is 0.300 e. The number of aryl methyl sites for hydroxylation is 1. The summed E-state index contributed by atoms with van der Waals surface area (Å²) >= 11 is 1.34. The predicted octanol–water partition coefficient (Wildman–Crippen LogP) is 6.95. The van der Waals surface area contributed by atoms with E-state index in [1.165, 1.54) is 33.6 Å². The van der Waals surface area contributed by atoms with Gasteiger partial charge in [0.15, 0.2) is 0 Å². The molecule has 1 N–H and O–H groups in total. The van der Waals surface area contributed by atoms with Crippen LogP contribution in [0.3, 0.4) is 0 Å². The van der Waals surface area contributed by atoms with E-state index < -0.39 is 5.41 Å². The van der Waals surface area contributed by atoms with Gasteiger partial charge in [-0.1, -0.05) is 101 Å². The van der Waals surface area contributed by atoms with Gasteiger partial charge < -0.3 is 5.32 Å². The first-order valence-corrected chi connectivity index (χ1v) is 12.0. The molecule has 0 aliphatic heterocycles. The summed E-state index contributed by atoms with van der Waals surface area (Å²) in [5.41, 5.74) is 6.04. The van der Waals surface area contributed by atoms with Crippen LogP contribution in [-0.4, -0.2) is 16.1 Å². The molecule has 0 saturated heterocycles. The summed E-state index contributed by atoms with van der Waals surface area (Å²) in [4.78, 5) is 13.1. The number of amides is 1. The summed E-state index contributed by atoms with van der Waals surface area (Å²) in [6.45, 7) is 10.7. The molecule has 4 nitrogen and oxygen atoms in total. The minimum Gasteiger partial charge on any atom is -0.300 e. The number of nitrogens with zero attached hydrogens (tertiary/aromatic N) is 2.